The quantitative estimate of drug-likeness (QED) is 0.0747. The van der Waals surface area contributed by atoms with Crippen LogP contribution in [-0.2, 0) is 21.7 Å². The van der Waals surface area contributed by atoms with Crippen molar-refractivity contribution in [3.05, 3.63) is 238 Å². The van der Waals surface area contributed by atoms with Gasteiger partial charge in [0.2, 0.25) is 0 Å². The van der Waals surface area contributed by atoms with Crippen molar-refractivity contribution < 1.29 is 40.9 Å². The Morgan fingerprint density at radius 2 is 0.529 bits per heavy atom. The number of phenols is 8. The number of hydrogen-bond donors (Lipinski definition) is 8. The van der Waals surface area contributed by atoms with Crippen molar-refractivity contribution in [2.75, 3.05) is 0 Å². The van der Waals surface area contributed by atoms with Gasteiger partial charge in [-0.25, -0.2) is 0 Å². The summed E-state index contributed by atoms with van der Waals surface area (Å²) in [7, 11) is 0. The Hall–Kier alpha value is -7.84. The minimum Gasteiger partial charge on any atom is -0.508 e. The molecule has 0 spiro atoms. The minimum absolute atomic E-state index is 0.0229. The second-order valence-electron chi connectivity index (χ2n) is 19.8. The van der Waals surface area contributed by atoms with Gasteiger partial charge in [-0.1, -0.05) is 194 Å². The number of aromatic hydroxyl groups is 8. The summed E-state index contributed by atoms with van der Waals surface area (Å²) in [5, 5.41) is 78.1. The first-order valence-corrected chi connectivity index (χ1v) is 23.2. The molecule has 8 heteroatoms. The molecule has 8 N–H and O–H groups in total. The van der Waals surface area contributed by atoms with Gasteiger partial charge >= 0.3 is 0 Å². The summed E-state index contributed by atoms with van der Waals surface area (Å²) in [6.07, 6.45) is 0. The number of rotatable bonds is 8. The maximum Gasteiger partial charge on any atom is 0.123 e. The summed E-state index contributed by atoms with van der Waals surface area (Å²) in [4.78, 5) is 0. The van der Waals surface area contributed by atoms with Crippen molar-refractivity contribution in [2.45, 2.75) is 90.9 Å². The Morgan fingerprint density at radius 1 is 0.243 bits per heavy atom. The zero-order valence-electron chi connectivity index (χ0n) is 41.9. The highest BCUT2D eigenvalue weighted by Gasteiger charge is 2.32. The summed E-state index contributed by atoms with van der Waals surface area (Å²) >= 11 is 0. The lowest BCUT2D eigenvalue weighted by Gasteiger charge is -2.31. The normalized spacial score (nSPS) is 11.5. The largest absolute Gasteiger partial charge is 0.508 e. The summed E-state index contributed by atoms with van der Waals surface area (Å²) in [5.74, 6) is 0.948. The van der Waals surface area contributed by atoms with Crippen LogP contribution in [0.15, 0.2) is 182 Å². The highest BCUT2D eigenvalue weighted by atomic mass is 16.3. The van der Waals surface area contributed by atoms with Crippen molar-refractivity contribution in [2.24, 2.45) is 0 Å². The third-order valence-electron chi connectivity index (χ3n) is 13.1. The van der Waals surface area contributed by atoms with Crippen LogP contribution in [0.5, 0.6) is 46.0 Å². The Morgan fingerprint density at radius 3 is 0.814 bits per heavy atom. The van der Waals surface area contributed by atoms with E-state index < -0.39 is 10.8 Å². The molecular weight excluding hydrogens is 873 g/mol. The van der Waals surface area contributed by atoms with Gasteiger partial charge in [0.05, 0.1) is 0 Å². The van der Waals surface area contributed by atoms with E-state index >= 15 is 0 Å². The van der Waals surface area contributed by atoms with E-state index in [-0.39, 0.29) is 45.3 Å². The molecule has 0 aliphatic rings. The van der Waals surface area contributed by atoms with Crippen LogP contribution in [0.2, 0.25) is 0 Å². The molecule has 0 radical (unpaired) electrons. The first kappa shape index (κ1) is 53.1. The average Bonchev–Trinajstić information content (AvgIpc) is 3.31. The first-order valence-electron chi connectivity index (χ1n) is 23.2. The fourth-order valence-electron chi connectivity index (χ4n) is 8.49. The van der Waals surface area contributed by atoms with Gasteiger partial charge in [0.25, 0.3) is 0 Å². The SMILES string of the molecule is CC(C)(c1cccc(C(C)(C)c2ccc(O)cc2O)c1)c1ccc(O)cc1O.Cc1ccc(O)c(C(C)(C)c2cccc(C(C)(C)c3cc(C)ccc3O)c2)c1.Oc1cccc(O)c1.c1ccccc1. The number of benzene rings is 8. The van der Waals surface area contributed by atoms with Crippen molar-refractivity contribution in [3.63, 3.8) is 0 Å². The van der Waals surface area contributed by atoms with Gasteiger partial charge in [-0.05, 0) is 72.5 Å². The monoisotopic (exact) mass is 940 g/mol. The van der Waals surface area contributed by atoms with Crippen LogP contribution in [0.25, 0.3) is 0 Å². The zero-order valence-corrected chi connectivity index (χ0v) is 41.9. The van der Waals surface area contributed by atoms with Gasteiger partial charge in [0.1, 0.15) is 46.0 Å². The van der Waals surface area contributed by atoms with E-state index in [0.29, 0.717) is 22.6 Å². The molecule has 8 aromatic carbocycles. The molecule has 8 aromatic rings. The fourth-order valence-corrected chi connectivity index (χ4v) is 8.49. The smallest absolute Gasteiger partial charge is 0.123 e. The third-order valence-corrected chi connectivity index (χ3v) is 13.1. The molecule has 0 heterocycles. The molecular formula is C62H68O8. The van der Waals surface area contributed by atoms with E-state index in [2.05, 4.69) is 70.2 Å². The summed E-state index contributed by atoms with van der Waals surface area (Å²) in [6, 6.07) is 55.2. The van der Waals surface area contributed by atoms with E-state index in [4.69, 9.17) is 10.2 Å². The lowest BCUT2D eigenvalue weighted by atomic mass is 9.72. The average molecular weight is 941 g/mol. The highest BCUT2D eigenvalue weighted by Crippen LogP contribution is 2.44. The predicted molar refractivity (Wildman–Crippen MR) is 283 cm³/mol. The van der Waals surface area contributed by atoms with E-state index in [1.54, 1.807) is 42.5 Å². The van der Waals surface area contributed by atoms with Gasteiger partial charge in [-0.2, -0.15) is 0 Å². The first-order chi connectivity index (χ1) is 32.8. The van der Waals surface area contributed by atoms with Crippen LogP contribution >= 0.6 is 0 Å². The summed E-state index contributed by atoms with van der Waals surface area (Å²) < 4.78 is 0. The van der Waals surface area contributed by atoms with E-state index in [0.717, 1.165) is 44.5 Å². The molecule has 70 heavy (non-hydrogen) atoms. The van der Waals surface area contributed by atoms with Crippen LogP contribution < -0.4 is 0 Å². The maximum atomic E-state index is 10.5. The number of phenolic OH excluding ortho intramolecular Hbond substituents is 8. The molecule has 8 rings (SSSR count). The Labute approximate surface area is 413 Å². The predicted octanol–water partition coefficient (Wildman–Crippen LogP) is 14.3. The third kappa shape index (κ3) is 12.8. The second-order valence-corrected chi connectivity index (χ2v) is 19.8. The van der Waals surface area contributed by atoms with E-state index in [9.17, 15) is 30.6 Å². The van der Waals surface area contributed by atoms with E-state index in [1.165, 1.54) is 30.3 Å². The maximum absolute atomic E-state index is 10.5. The summed E-state index contributed by atoms with van der Waals surface area (Å²) in [6.45, 7) is 20.7. The molecule has 364 valence electrons. The van der Waals surface area contributed by atoms with Gasteiger partial charge in [0, 0.05) is 62.1 Å². The molecule has 0 amide bonds. The molecule has 0 saturated heterocycles. The van der Waals surface area contributed by atoms with E-state index in [1.807, 2.05) is 108 Å². The van der Waals surface area contributed by atoms with Gasteiger partial charge in [0.15, 0.2) is 0 Å². The topological polar surface area (TPSA) is 162 Å². The molecule has 0 atom stereocenters. The van der Waals surface area contributed by atoms with Crippen molar-refractivity contribution in [1.29, 1.82) is 0 Å². The summed E-state index contributed by atoms with van der Waals surface area (Å²) in [5.41, 5.74) is 8.08. The van der Waals surface area contributed by atoms with Crippen molar-refractivity contribution in [3.8, 4) is 46.0 Å². The Balaban J connectivity index is 0.000000204. The lowest BCUT2D eigenvalue weighted by Crippen LogP contribution is -2.23. The van der Waals surface area contributed by atoms with Crippen LogP contribution in [0, 0.1) is 13.8 Å². The standard InChI is InChI=1S/C26H30O2.C24H26O4.C6H6O2.C6H6/c1-17-10-12-23(27)21(14-17)25(3,4)19-8-7-9-20(16-19)26(5,6)22-15-18(2)11-13-24(22)28;1-23(2,19-10-8-17(25)13-21(19)27)15-6-5-7-16(12-15)24(3,4)20-11-9-18(26)14-22(20)28;7-5-2-1-3-6(8)4-5;1-2-4-6-5-3-1/h7-16,27-28H,1-6H3;5-14,25-28H,1-4H3;1-4,7-8H;1-6H. The molecule has 0 bridgehead atoms. The lowest BCUT2D eigenvalue weighted by molar-refractivity contribution is 0.435. The Bertz CT molecular complexity index is 2800. The van der Waals surface area contributed by atoms with Crippen LogP contribution in [0.1, 0.15) is 111 Å². The van der Waals surface area contributed by atoms with Gasteiger partial charge in [-0.15, -0.1) is 0 Å². The molecule has 0 aliphatic heterocycles. The van der Waals surface area contributed by atoms with Crippen molar-refractivity contribution in [1.82, 2.24) is 0 Å². The van der Waals surface area contributed by atoms with Crippen LogP contribution in [0.3, 0.4) is 0 Å². The zero-order chi connectivity index (χ0) is 51.6. The second kappa shape index (κ2) is 22.1. The van der Waals surface area contributed by atoms with Gasteiger partial charge < -0.3 is 40.9 Å². The molecule has 0 saturated carbocycles. The molecule has 8 nitrogen and oxygen atoms in total. The highest BCUT2D eigenvalue weighted by molar-refractivity contribution is 5.54. The van der Waals surface area contributed by atoms with Crippen LogP contribution in [-0.4, -0.2) is 40.9 Å². The molecule has 0 aliphatic carbocycles. The van der Waals surface area contributed by atoms with Gasteiger partial charge in [-0.3, -0.25) is 0 Å². The van der Waals surface area contributed by atoms with Crippen LogP contribution in [0.4, 0.5) is 0 Å². The molecule has 0 unspecified atom stereocenters. The molecule has 0 aromatic heterocycles. The fraction of sp³-hybridized carbons (Fsp3) is 0.226. The van der Waals surface area contributed by atoms with Crippen molar-refractivity contribution >= 4 is 0 Å². The number of aryl methyl sites for hydroxylation is 2. The number of hydrogen-bond acceptors (Lipinski definition) is 8. The minimum atomic E-state index is -0.499. The molecule has 0 fully saturated rings. The Kier molecular flexibility index (Phi) is 16.7.